The second-order valence-electron chi connectivity index (χ2n) is 4.29. The van der Waals surface area contributed by atoms with Crippen molar-refractivity contribution in [2.24, 2.45) is 0 Å². The number of carboxylic acids is 1. The number of carbonyl (C=O) groups excluding carboxylic acids is 1. The predicted molar refractivity (Wildman–Crippen MR) is 80.4 cm³/mol. The Bertz CT molecular complexity index is 629. The Hall–Kier alpha value is -2.53. The lowest BCUT2D eigenvalue weighted by Gasteiger charge is -2.15. The van der Waals surface area contributed by atoms with Crippen molar-refractivity contribution < 1.29 is 14.7 Å². The molecule has 2 aromatic rings. The van der Waals surface area contributed by atoms with Crippen molar-refractivity contribution in [2.75, 3.05) is 5.32 Å². The first-order valence-corrected chi connectivity index (χ1v) is 6.55. The predicted octanol–water partition coefficient (Wildman–Crippen LogP) is 3.29. The number of nitrogens with one attached hydrogen (secondary N) is 2. The highest BCUT2D eigenvalue weighted by Crippen LogP contribution is 2.15. The summed E-state index contributed by atoms with van der Waals surface area (Å²) in [6, 6.07) is 13.3. The molecule has 2 amide bonds. The van der Waals surface area contributed by atoms with Crippen LogP contribution in [0.1, 0.15) is 11.6 Å². The van der Waals surface area contributed by atoms with Gasteiger partial charge in [-0.15, -0.1) is 0 Å². The molecule has 3 N–H and O–H groups in total. The maximum absolute atomic E-state index is 11.9. The summed E-state index contributed by atoms with van der Waals surface area (Å²) in [7, 11) is 0. The maximum atomic E-state index is 11.9. The molecule has 0 saturated heterocycles. The molecule has 108 valence electrons. The molecule has 2 aromatic carbocycles. The Morgan fingerprint density at radius 3 is 2.19 bits per heavy atom. The molecule has 0 aromatic heterocycles. The Labute approximate surface area is 126 Å². The molecule has 21 heavy (non-hydrogen) atoms. The first kappa shape index (κ1) is 14.9. The summed E-state index contributed by atoms with van der Waals surface area (Å²) < 4.78 is 0. The van der Waals surface area contributed by atoms with Crippen LogP contribution >= 0.6 is 11.6 Å². The summed E-state index contributed by atoms with van der Waals surface area (Å²) in [6.45, 7) is 0. The van der Waals surface area contributed by atoms with Crippen LogP contribution < -0.4 is 10.6 Å². The van der Waals surface area contributed by atoms with E-state index in [0.29, 0.717) is 16.3 Å². The smallest absolute Gasteiger partial charge is 0.330 e. The molecule has 0 saturated carbocycles. The van der Waals surface area contributed by atoms with Gasteiger partial charge in [0.15, 0.2) is 6.04 Å². The summed E-state index contributed by atoms with van der Waals surface area (Å²) in [6.07, 6.45) is 0. The van der Waals surface area contributed by atoms with Crippen LogP contribution in [-0.4, -0.2) is 17.1 Å². The van der Waals surface area contributed by atoms with E-state index in [0.717, 1.165) is 0 Å². The van der Waals surface area contributed by atoms with E-state index in [9.17, 15) is 14.7 Å². The number of halogens is 1. The second kappa shape index (κ2) is 6.76. The number of aliphatic carboxylic acids is 1. The van der Waals surface area contributed by atoms with Crippen LogP contribution in [0.3, 0.4) is 0 Å². The largest absolute Gasteiger partial charge is 0.479 e. The Morgan fingerprint density at radius 2 is 1.62 bits per heavy atom. The van der Waals surface area contributed by atoms with Crippen molar-refractivity contribution in [3.63, 3.8) is 0 Å². The average Bonchev–Trinajstić information content (AvgIpc) is 2.48. The van der Waals surface area contributed by atoms with Gasteiger partial charge in [-0.1, -0.05) is 41.9 Å². The molecule has 6 heteroatoms. The standard InChI is InChI=1S/C15H13ClN2O3/c16-11-6-8-12(9-7-11)17-15(21)18-13(14(19)20)10-4-2-1-3-5-10/h1-9,13H,(H,19,20)(H2,17,18,21)/t13-/m0/s1. The van der Waals surface area contributed by atoms with Gasteiger partial charge in [0, 0.05) is 10.7 Å². The molecule has 0 aliphatic rings. The van der Waals surface area contributed by atoms with Gasteiger partial charge < -0.3 is 15.7 Å². The van der Waals surface area contributed by atoms with E-state index in [2.05, 4.69) is 10.6 Å². The quantitative estimate of drug-likeness (QED) is 0.811. The lowest BCUT2D eigenvalue weighted by Crippen LogP contribution is -2.36. The topological polar surface area (TPSA) is 78.4 Å². The summed E-state index contributed by atoms with van der Waals surface area (Å²) in [5.74, 6) is -1.13. The molecule has 0 fully saturated rings. The molecule has 5 nitrogen and oxygen atoms in total. The van der Waals surface area contributed by atoms with Crippen molar-refractivity contribution in [2.45, 2.75) is 6.04 Å². The fourth-order valence-electron chi connectivity index (χ4n) is 1.76. The lowest BCUT2D eigenvalue weighted by molar-refractivity contribution is -0.139. The number of urea groups is 1. The minimum absolute atomic E-state index is 0.497. The van der Waals surface area contributed by atoms with E-state index >= 15 is 0 Å². The van der Waals surface area contributed by atoms with Crippen LogP contribution in [0.4, 0.5) is 10.5 Å². The molecule has 0 aliphatic carbocycles. The van der Waals surface area contributed by atoms with Gasteiger partial charge in [-0.2, -0.15) is 0 Å². The Kier molecular flexibility index (Phi) is 4.79. The van der Waals surface area contributed by atoms with Gasteiger partial charge in [-0.05, 0) is 29.8 Å². The van der Waals surface area contributed by atoms with Crippen molar-refractivity contribution >= 4 is 29.3 Å². The lowest BCUT2D eigenvalue weighted by atomic mass is 10.1. The van der Waals surface area contributed by atoms with E-state index in [1.165, 1.54) is 0 Å². The molecule has 0 unspecified atom stereocenters. The zero-order valence-corrected chi connectivity index (χ0v) is 11.7. The first-order chi connectivity index (χ1) is 10.1. The van der Waals surface area contributed by atoms with E-state index in [1.807, 2.05) is 0 Å². The van der Waals surface area contributed by atoms with Gasteiger partial charge in [-0.3, -0.25) is 0 Å². The molecule has 0 bridgehead atoms. The van der Waals surface area contributed by atoms with Crippen LogP contribution in [0.2, 0.25) is 5.02 Å². The minimum Gasteiger partial charge on any atom is -0.479 e. The molecule has 2 rings (SSSR count). The number of amides is 2. The number of hydrogen-bond donors (Lipinski definition) is 3. The van der Waals surface area contributed by atoms with Crippen molar-refractivity contribution in [1.29, 1.82) is 0 Å². The van der Waals surface area contributed by atoms with Crippen molar-refractivity contribution in [3.05, 3.63) is 65.2 Å². The van der Waals surface area contributed by atoms with E-state index in [1.54, 1.807) is 54.6 Å². The highest BCUT2D eigenvalue weighted by Gasteiger charge is 2.21. The summed E-state index contributed by atoms with van der Waals surface area (Å²) in [4.78, 5) is 23.1. The SMILES string of the molecule is O=C(Nc1ccc(Cl)cc1)N[C@H](C(=O)O)c1ccccc1. The average molecular weight is 305 g/mol. The molecule has 0 spiro atoms. The third-order valence-electron chi connectivity index (χ3n) is 2.76. The van der Waals surface area contributed by atoms with E-state index in [4.69, 9.17) is 11.6 Å². The van der Waals surface area contributed by atoms with Gasteiger partial charge in [0.25, 0.3) is 0 Å². The van der Waals surface area contributed by atoms with Crippen molar-refractivity contribution in [1.82, 2.24) is 5.32 Å². The number of carbonyl (C=O) groups is 2. The Balaban J connectivity index is 2.05. The van der Waals surface area contributed by atoms with Gasteiger partial charge in [0.1, 0.15) is 0 Å². The molecular weight excluding hydrogens is 292 g/mol. The van der Waals surface area contributed by atoms with Gasteiger partial charge in [-0.25, -0.2) is 9.59 Å². The first-order valence-electron chi connectivity index (χ1n) is 6.17. The monoisotopic (exact) mass is 304 g/mol. The zero-order valence-electron chi connectivity index (χ0n) is 10.9. The van der Waals surface area contributed by atoms with E-state index < -0.39 is 18.0 Å². The number of benzene rings is 2. The van der Waals surface area contributed by atoms with Crippen LogP contribution in [0, 0.1) is 0 Å². The minimum atomic E-state index is -1.13. The van der Waals surface area contributed by atoms with Crippen LogP contribution in [0.5, 0.6) is 0 Å². The summed E-state index contributed by atoms with van der Waals surface area (Å²) >= 11 is 5.75. The third-order valence-corrected chi connectivity index (χ3v) is 3.01. The van der Waals surface area contributed by atoms with Gasteiger partial charge in [0.2, 0.25) is 0 Å². The highest BCUT2D eigenvalue weighted by atomic mass is 35.5. The van der Waals surface area contributed by atoms with E-state index in [-0.39, 0.29) is 0 Å². The number of rotatable bonds is 4. The number of carboxylic acid groups (broad SMARTS) is 1. The fourth-order valence-corrected chi connectivity index (χ4v) is 1.89. The second-order valence-corrected chi connectivity index (χ2v) is 4.72. The van der Waals surface area contributed by atoms with Gasteiger partial charge >= 0.3 is 12.0 Å². The number of hydrogen-bond acceptors (Lipinski definition) is 2. The highest BCUT2D eigenvalue weighted by molar-refractivity contribution is 6.30. The normalized spacial score (nSPS) is 11.5. The van der Waals surface area contributed by atoms with Crippen LogP contribution in [0.25, 0.3) is 0 Å². The molecule has 0 radical (unpaired) electrons. The molecule has 0 heterocycles. The number of anilines is 1. The maximum Gasteiger partial charge on any atom is 0.330 e. The molecule has 0 aliphatic heterocycles. The van der Waals surface area contributed by atoms with Crippen LogP contribution in [-0.2, 0) is 4.79 Å². The molecular formula is C15H13ClN2O3. The van der Waals surface area contributed by atoms with Gasteiger partial charge in [0.05, 0.1) is 0 Å². The van der Waals surface area contributed by atoms with Crippen LogP contribution in [0.15, 0.2) is 54.6 Å². The Morgan fingerprint density at radius 1 is 1.00 bits per heavy atom. The molecule has 1 atom stereocenters. The third kappa shape index (κ3) is 4.22. The fraction of sp³-hybridized carbons (Fsp3) is 0.0667. The summed E-state index contributed by atoms with van der Waals surface area (Å²) in [5.41, 5.74) is 1.02. The summed E-state index contributed by atoms with van der Waals surface area (Å²) in [5, 5.41) is 14.7. The zero-order chi connectivity index (χ0) is 15.2. The van der Waals surface area contributed by atoms with Crippen molar-refractivity contribution in [3.8, 4) is 0 Å².